The van der Waals surface area contributed by atoms with Gasteiger partial charge in [0.2, 0.25) is 11.8 Å². The predicted molar refractivity (Wildman–Crippen MR) is 57.2 cm³/mol. The third kappa shape index (κ3) is 2.78. The highest BCUT2D eigenvalue weighted by molar-refractivity contribution is 4.91. The van der Waals surface area contributed by atoms with E-state index < -0.39 is 0 Å². The molecule has 1 heterocycles. The summed E-state index contributed by atoms with van der Waals surface area (Å²) in [4.78, 5) is 0. The Hall–Kier alpha value is -0.900. The van der Waals surface area contributed by atoms with Crippen LogP contribution in [-0.4, -0.2) is 10.2 Å². The zero-order valence-corrected chi connectivity index (χ0v) is 9.11. The van der Waals surface area contributed by atoms with Crippen molar-refractivity contribution in [2.24, 2.45) is 5.73 Å². The summed E-state index contributed by atoms with van der Waals surface area (Å²) < 4.78 is 5.52. The van der Waals surface area contributed by atoms with Gasteiger partial charge in [-0.15, -0.1) is 10.2 Å². The molecule has 1 saturated carbocycles. The third-order valence-electron chi connectivity index (χ3n) is 3.11. The Kier molecular flexibility index (Phi) is 3.72. The van der Waals surface area contributed by atoms with Crippen molar-refractivity contribution < 1.29 is 4.42 Å². The standard InChI is InChI=1S/C11H19N3O/c12-8-10-13-14-11(15-10)9-6-4-2-1-3-5-7-9/h9H,1-8,12H2. The van der Waals surface area contributed by atoms with Crippen LogP contribution in [0.4, 0.5) is 0 Å². The van der Waals surface area contributed by atoms with Crippen molar-refractivity contribution in [1.82, 2.24) is 10.2 Å². The molecule has 0 radical (unpaired) electrons. The third-order valence-corrected chi connectivity index (χ3v) is 3.11. The minimum absolute atomic E-state index is 0.347. The Balaban J connectivity index is 2.00. The number of aromatic nitrogens is 2. The molecule has 4 nitrogen and oxygen atoms in total. The minimum Gasteiger partial charge on any atom is -0.424 e. The summed E-state index contributed by atoms with van der Waals surface area (Å²) in [5.41, 5.74) is 5.45. The molecule has 0 amide bonds. The average molecular weight is 209 g/mol. The summed E-state index contributed by atoms with van der Waals surface area (Å²) in [6.45, 7) is 0.347. The number of hydrogen-bond acceptors (Lipinski definition) is 4. The molecule has 0 bridgehead atoms. The van der Waals surface area contributed by atoms with Crippen LogP contribution in [0.15, 0.2) is 4.42 Å². The first-order valence-corrected chi connectivity index (χ1v) is 5.92. The van der Waals surface area contributed by atoms with Crippen LogP contribution in [0.3, 0.4) is 0 Å². The summed E-state index contributed by atoms with van der Waals surface area (Å²) >= 11 is 0. The maximum absolute atomic E-state index is 5.52. The second-order valence-corrected chi connectivity index (χ2v) is 4.28. The SMILES string of the molecule is NCc1nnc(C2CCCCCCC2)o1. The van der Waals surface area contributed by atoms with Gasteiger partial charge in [0.1, 0.15) is 0 Å². The second-order valence-electron chi connectivity index (χ2n) is 4.28. The molecule has 0 spiro atoms. The molecule has 0 atom stereocenters. The summed E-state index contributed by atoms with van der Waals surface area (Å²) in [7, 11) is 0. The van der Waals surface area contributed by atoms with Crippen LogP contribution in [0.1, 0.15) is 62.6 Å². The van der Waals surface area contributed by atoms with Gasteiger partial charge in [0.25, 0.3) is 0 Å². The summed E-state index contributed by atoms with van der Waals surface area (Å²) in [6, 6.07) is 0. The highest BCUT2D eigenvalue weighted by Crippen LogP contribution is 2.29. The highest BCUT2D eigenvalue weighted by Gasteiger charge is 2.19. The van der Waals surface area contributed by atoms with E-state index in [4.69, 9.17) is 10.2 Å². The first-order chi connectivity index (χ1) is 7.40. The van der Waals surface area contributed by atoms with Crippen molar-refractivity contribution in [3.8, 4) is 0 Å². The zero-order chi connectivity index (χ0) is 10.5. The first kappa shape index (κ1) is 10.6. The summed E-state index contributed by atoms with van der Waals surface area (Å²) in [5, 5.41) is 8.01. The van der Waals surface area contributed by atoms with E-state index in [1.54, 1.807) is 0 Å². The lowest BCUT2D eigenvalue weighted by Crippen LogP contribution is -2.02. The van der Waals surface area contributed by atoms with Gasteiger partial charge in [-0.3, -0.25) is 0 Å². The molecular weight excluding hydrogens is 190 g/mol. The van der Waals surface area contributed by atoms with E-state index in [2.05, 4.69) is 10.2 Å². The van der Waals surface area contributed by atoms with Gasteiger partial charge in [-0.05, 0) is 12.8 Å². The lowest BCUT2D eigenvalue weighted by Gasteiger charge is -2.15. The topological polar surface area (TPSA) is 64.9 Å². The Bertz CT molecular complexity index is 290. The smallest absolute Gasteiger partial charge is 0.230 e. The molecule has 0 aliphatic heterocycles. The van der Waals surface area contributed by atoms with Crippen molar-refractivity contribution in [2.75, 3.05) is 0 Å². The van der Waals surface area contributed by atoms with Crippen molar-refractivity contribution in [1.29, 1.82) is 0 Å². The summed E-state index contributed by atoms with van der Waals surface area (Å²) in [6.07, 6.45) is 9.00. The average Bonchev–Trinajstić information content (AvgIpc) is 2.65. The molecule has 4 heteroatoms. The molecule has 1 aliphatic rings. The molecule has 1 aliphatic carbocycles. The van der Waals surface area contributed by atoms with Gasteiger partial charge in [0.05, 0.1) is 6.54 Å². The fourth-order valence-corrected chi connectivity index (χ4v) is 2.22. The van der Waals surface area contributed by atoms with Gasteiger partial charge >= 0.3 is 0 Å². The molecule has 1 fully saturated rings. The summed E-state index contributed by atoms with van der Waals surface area (Å²) in [5.74, 6) is 1.84. The second kappa shape index (κ2) is 5.26. The molecule has 15 heavy (non-hydrogen) atoms. The maximum Gasteiger partial charge on any atom is 0.230 e. The molecule has 1 aromatic rings. The minimum atomic E-state index is 0.347. The van der Waals surface area contributed by atoms with Gasteiger partial charge < -0.3 is 10.2 Å². The van der Waals surface area contributed by atoms with Gasteiger partial charge in [0, 0.05) is 5.92 Å². The fraction of sp³-hybridized carbons (Fsp3) is 0.818. The Morgan fingerprint density at radius 1 is 1.07 bits per heavy atom. The van der Waals surface area contributed by atoms with Crippen LogP contribution < -0.4 is 5.73 Å². The normalized spacial score (nSPS) is 19.8. The number of hydrogen-bond donors (Lipinski definition) is 1. The Morgan fingerprint density at radius 3 is 2.33 bits per heavy atom. The molecule has 1 aromatic heterocycles. The predicted octanol–water partition coefficient (Wildman–Crippen LogP) is 2.36. The lowest BCUT2D eigenvalue weighted by molar-refractivity contribution is 0.363. The fourth-order valence-electron chi connectivity index (χ4n) is 2.22. The molecule has 0 unspecified atom stereocenters. The quantitative estimate of drug-likeness (QED) is 0.812. The number of nitrogens with two attached hydrogens (primary N) is 1. The lowest BCUT2D eigenvalue weighted by atomic mass is 9.91. The Morgan fingerprint density at radius 2 is 1.73 bits per heavy atom. The van der Waals surface area contributed by atoms with Crippen molar-refractivity contribution in [3.63, 3.8) is 0 Å². The molecule has 0 saturated heterocycles. The molecule has 84 valence electrons. The number of nitrogens with zero attached hydrogens (tertiary/aromatic N) is 2. The molecule has 2 N–H and O–H groups in total. The number of rotatable bonds is 2. The van der Waals surface area contributed by atoms with Crippen LogP contribution in [-0.2, 0) is 6.54 Å². The van der Waals surface area contributed by atoms with Crippen LogP contribution in [0.5, 0.6) is 0 Å². The monoisotopic (exact) mass is 209 g/mol. The van der Waals surface area contributed by atoms with Gasteiger partial charge in [-0.2, -0.15) is 0 Å². The highest BCUT2D eigenvalue weighted by atomic mass is 16.4. The van der Waals surface area contributed by atoms with Crippen LogP contribution in [0, 0.1) is 0 Å². The molecule has 0 aromatic carbocycles. The van der Waals surface area contributed by atoms with E-state index in [0.29, 0.717) is 18.4 Å². The van der Waals surface area contributed by atoms with Crippen molar-refractivity contribution >= 4 is 0 Å². The van der Waals surface area contributed by atoms with E-state index in [0.717, 1.165) is 5.89 Å². The van der Waals surface area contributed by atoms with Gasteiger partial charge in [-0.25, -0.2) is 0 Å². The van der Waals surface area contributed by atoms with E-state index >= 15 is 0 Å². The van der Waals surface area contributed by atoms with Crippen molar-refractivity contribution in [3.05, 3.63) is 11.8 Å². The van der Waals surface area contributed by atoms with Crippen LogP contribution in [0.25, 0.3) is 0 Å². The van der Waals surface area contributed by atoms with Crippen LogP contribution in [0.2, 0.25) is 0 Å². The van der Waals surface area contributed by atoms with Crippen LogP contribution >= 0.6 is 0 Å². The van der Waals surface area contributed by atoms with E-state index in [1.165, 1.54) is 44.9 Å². The van der Waals surface area contributed by atoms with E-state index in [1.807, 2.05) is 0 Å². The Labute approximate surface area is 90.3 Å². The zero-order valence-electron chi connectivity index (χ0n) is 9.11. The maximum atomic E-state index is 5.52. The van der Waals surface area contributed by atoms with Gasteiger partial charge in [0.15, 0.2) is 0 Å². The van der Waals surface area contributed by atoms with E-state index in [-0.39, 0.29) is 0 Å². The molecular formula is C11H19N3O. The van der Waals surface area contributed by atoms with Gasteiger partial charge in [-0.1, -0.05) is 32.1 Å². The molecule has 2 rings (SSSR count). The van der Waals surface area contributed by atoms with E-state index in [9.17, 15) is 0 Å². The first-order valence-electron chi connectivity index (χ1n) is 5.92. The van der Waals surface area contributed by atoms with Crippen molar-refractivity contribution in [2.45, 2.75) is 57.4 Å². The largest absolute Gasteiger partial charge is 0.424 e.